The third-order valence-corrected chi connectivity index (χ3v) is 2.76. The highest BCUT2D eigenvalue weighted by molar-refractivity contribution is 5.88. The number of hydrogen-bond acceptors (Lipinski definition) is 5. The zero-order chi connectivity index (χ0) is 16.2. The molecule has 0 aromatic carbocycles. The molecule has 21 heavy (non-hydrogen) atoms. The molecule has 0 radical (unpaired) electrons. The summed E-state index contributed by atoms with van der Waals surface area (Å²) in [6.45, 7) is 9.32. The molecular formula is C14H21N3O4. The summed E-state index contributed by atoms with van der Waals surface area (Å²) in [6, 6.07) is 1.07. The van der Waals surface area contributed by atoms with Crippen LogP contribution in [0.25, 0.3) is 0 Å². The van der Waals surface area contributed by atoms with E-state index in [9.17, 15) is 14.9 Å². The van der Waals surface area contributed by atoms with Gasteiger partial charge < -0.3 is 10.0 Å². The Hall–Kier alpha value is -2.18. The van der Waals surface area contributed by atoms with Crippen LogP contribution in [0.1, 0.15) is 38.1 Å². The highest BCUT2D eigenvalue weighted by Crippen LogP contribution is 2.28. The van der Waals surface area contributed by atoms with Gasteiger partial charge in [0.1, 0.15) is 0 Å². The van der Waals surface area contributed by atoms with Crippen LogP contribution < -0.4 is 4.90 Å². The Morgan fingerprint density at radius 3 is 2.24 bits per heavy atom. The first-order chi connectivity index (χ1) is 9.72. The summed E-state index contributed by atoms with van der Waals surface area (Å²) < 4.78 is 0. The first-order valence-corrected chi connectivity index (χ1v) is 6.85. The Bertz CT molecular complexity index is 519. The molecule has 0 fully saturated rings. The molecule has 116 valence electrons. The number of aromatic nitrogens is 1. The Labute approximate surface area is 123 Å². The molecule has 0 aliphatic heterocycles. The largest absolute Gasteiger partial charge is 0.478 e. The summed E-state index contributed by atoms with van der Waals surface area (Å²) >= 11 is 0. The van der Waals surface area contributed by atoms with Crippen molar-refractivity contribution in [2.45, 2.75) is 27.7 Å². The lowest BCUT2D eigenvalue weighted by Gasteiger charge is -2.27. The van der Waals surface area contributed by atoms with Crippen molar-refractivity contribution in [3.05, 3.63) is 27.9 Å². The molecule has 0 bridgehead atoms. The second kappa shape index (κ2) is 7.01. The standard InChI is InChI=1S/C14H21N3O4/c1-9(2)7-16(8-10(3)4)13-12(17(20)21)5-11(6-15-13)14(18)19/h5-6,9-10H,7-8H2,1-4H3,(H,18,19). The minimum atomic E-state index is -1.23. The number of rotatable bonds is 7. The number of nitrogens with zero attached hydrogens (tertiary/aromatic N) is 3. The molecular weight excluding hydrogens is 274 g/mol. The van der Waals surface area contributed by atoms with Gasteiger partial charge in [0.2, 0.25) is 5.82 Å². The molecule has 0 unspecified atom stereocenters. The Balaban J connectivity index is 3.28. The predicted molar refractivity (Wildman–Crippen MR) is 79.7 cm³/mol. The molecule has 7 heteroatoms. The van der Waals surface area contributed by atoms with Crippen LogP contribution in [0.15, 0.2) is 12.3 Å². The maximum absolute atomic E-state index is 11.2. The summed E-state index contributed by atoms with van der Waals surface area (Å²) in [5, 5.41) is 20.2. The van der Waals surface area contributed by atoms with Crippen LogP contribution in [-0.4, -0.2) is 34.1 Å². The van der Waals surface area contributed by atoms with E-state index < -0.39 is 10.9 Å². The van der Waals surface area contributed by atoms with Crippen LogP contribution in [0, 0.1) is 22.0 Å². The fourth-order valence-electron chi connectivity index (χ4n) is 2.07. The first kappa shape index (κ1) is 16.9. The van der Waals surface area contributed by atoms with Gasteiger partial charge in [0.25, 0.3) is 0 Å². The SMILES string of the molecule is CC(C)CN(CC(C)C)c1ncc(C(=O)O)cc1[N+](=O)[O-]. The van der Waals surface area contributed by atoms with Crippen molar-refractivity contribution < 1.29 is 14.8 Å². The minimum Gasteiger partial charge on any atom is -0.478 e. The van der Waals surface area contributed by atoms with Gasteiger partial charge in [0, 0.05) is 25.4 Å². The molecule has 0 spiro atoms. The average Bonchev–Trinajstić information content (AvgIpc) is 2.35. The summed E-state index contributed by atoms with van der Waals surface area (Å²) in [6.07, 6.45) is 1.16. The van der Waals surface area contributed by atoms with Crippen molar-refractivity contribution >= 4 is 17.5 Å². The van der Waals surface area contributed by atoms with Gasteiger partial charge in [-0.3, -0.25) is 10.1 Å². The fraction of sp³-hybridized carbons (Fsp3) is 0.571. The van der Waals surface area contributed by atoms with Crippen molar-refractivity contribution in [1.82, 2.24) is 4.98 Å². The maximum atomic E-state index is 11.2. The molecule has 0 aliphatic rings. The summed E-state index contributed by atoms with van der Waals surface area (Å²) in [4.78, 5) is 27.5. The zero-order valence-electron chi connectivity index (χ0n) is 12.7. The van der Waals surface area contributed by atoms with Gasteiger partial charge in [-0.1, -0.05) is 27.7 Å². The molecule has 0 amide bonds. The number of pyridine rings is 1. The van der Waals surface area contributed by atoms with E-state index in [1.54, 1.807) is 0 Å². The first-order valence-electron chi connectivity index (χ1n) is 6.85. The topological polar surface area (TPSA) is 96.6 Å². The predicted octanol–water partition coefficient (Wildman–Crippen LogP) is 2.81. The zero-order valence-corrected chi connectivity index (χ0v) is 12.7. The van der Waals surface area contributed by atoms with Crippen molar-refractivity contribution in [2.75, 3.05) is 18.0 Å². The molecule has 1 aromatic heterocycles. The van der Waals surface area contributed by atoms with Crippen LogP contribution >= 0.6 is 0 Å². The van der Waals surface area contributed by atoms with E-state index >= 15 is 0 Å². The van der Waals surface area contributed by atoms with Crippen LogP contribution in [-0.2, 0) is 0 Å². The average molecular weight is 295 g/mol. The smallest absolute Gasteiger partial charge is 0.337 e. The van der Waals surface area contributed by atoms with E-state index in [1.165, 1.54) is 6.20 Å². The second-order valence-electron chi connectivity index (χ2n) is 5.82. The normalized spacial score (nSPS) is 11.0. The third-order valence-electron chi connectivity index (χ3n) is 2.76. The Morgan fingerprint density at radius 1 is 1.33 bits per heavy atom. The second-order valence-corrected chi connectivity index (χ2v) is 5.82. The molecule has 1 heterocycles. The van der Waals surface area contributed by atoms with Gasteiger partial charge in [0.15, 0.2) is 0 Å². The van der Waals surface area contributed by atoms with Gasteiger partial charge >= 0.3 is 11.7 Å². The van der Waals surface area contributed by atoms with E-state index in [4.69, 9.17) is 5.11 Å². The molecule has 1 aromatic rings. The molecule has 1 N–H and O–H groups in total. The fourth-order valence-corrected chi connectivity index (χ4v) is 2.07. The van der Waals surface area contributed by atoms with Gasteiger partial charge in [-0.15, -0.1) is 0 Å². The van der Waals surface area contributed by atoms with Gasteiger partial charge in [-0.05, 0) is 11.8 Å². The number of carbonyl (C=O) groups is 1. The molecule has 1 rings (SSSR count). The van der Waals surface area contributed by atoms with Crippen molar-refractivity contribution in [3.63, 3.8) is 0 Å². The molecule has 7 nitrogen and oxygen atoms in total. The minimum absolute atomic E-state index is 0.181. The number of carboxylic acid groups (broad SMARTS) is 1. The highest BCUT2D eigenvalue weighted by Gasteiger charge is 2.24. The molecule has 0 aliphatic carbocycles. The third kappa shape index (κ3) is 4.70. The van der Waals surface area contributed by atoms with Crippen LogP contribution in [0.5, 0.6) is 0 Å². The van der Waals surface area contributed by atoms with E-state index in [1.807, 2.05) is 32.6 Å². The molecule has 0 atom stereocenters. The quantitative estimate of drug-likeness (QED) is 0.613. The monoisotopic (exact) mass is 295 g/mol. The van der Waals surface area contributed by atoms with E-state index in [0.717, 1.165) is 6.07 Å². The number of aromatic carboxylic acids is 1. The number of anilines is 1. The summed E-state index contributed by atoms with van der Waals surface area (Å²) in [5.41, 5.74) is -0.448. The van der Waals surface area contributed by atoms with Gasteiger partial charge in [0.05, 0.1) is 10.5 Å². The maximum Gasteiger partial charge on any atom is 0.337 e. The van der Waals surface area contributed by atoms with Crippen molar-refractivity contribution in [2.24, 2.45) is 11.8 Å². The number of carboxylic acids is 1. The van der Waals surface area contributed by atoms with Gasteiger partial charge in [-0.25, -0.2) is 9.78 Å². The van der Waals surface area contributed by atoms with Crippen LogP contribution in [0.4, 0.5) is 11.5 Å². The highest BCUT2D eigenvalue weighted by atomic mass is 16.6. The Kier molecular flexibility index (Phi) is 5.63. The molecule has 0 saturated carbocycles. The van der Waals surface area contributed by atoms with E-state index in [0.29, 0.717) is 24.9 Å². The lowest BCUT2D eigenvalue weighted by atomic mass is 10.1. The van der Waals surface area contributed by atoms with Gasteiger partial charge in [-0.2, -0.15) is 0 Å². The molecule has 0 saturated heterocycles. The van der Waals surface area contributed by atoms with Crippen LogP contribution in [0.3, 0.4) is 0 Å². The lowest BCUT2D eigenvalue weighted by Crippen LogP contribution is -2.32. The van der Waals surface area contributed by atoms with Crippen molar-refractivity contribution in [1.29, 1.82) is 0 Å². The number of nitro groups is 1. The van der Waals surface area contributed by atoms with E-state index in [-0.39, 0.29) is 17.1 Å². The van der Waals surface area contributed by atoms with Crippen molar-refractivity contribution in [3.8, 4) is 0 Å². The van der Waals surface area contributed by atoms with E-state index in [2.05, 4.69) is 4.98 Å². The summed E-state index contributed by atoms with van der Waals surface area (Å²) in [7, 11) is 0. The van der Waals surface area contributed by atoms with Crippen LogP contribution in [0.2, 0.25) is 0 Å². The number of hydrogen-bond donors (Lipinski definition) is 1. The Morgan fingerprint density at radius 2 is 1.86 bits per heavy atom. The lowest BCUT2D eigenvalue weighted by molar-refractivity contribution is -0.384. The summed E-state index contributed by atoms with van der Waals surface area (Å²) in [5.74, 6) is -0.377.